The summed E-state index contributed by atoms with van der Waals surface area (Å²) in [6, 6.07) is 5.98. The molecule has 0 aliphatic carbocycles. The Morgan fingerprint density at radius 1 is 1.33 bits per heavy atom. The van der Waals surface area contributed by atoms with E-state index in [9.17, 15) is 9.59 Å². The molecule has 2 aromatic rings. The van der Waals surface area contributed by atoms with Crippen molar-refractivity contribution in [2.24, 2.45) is 0 Å². The quantitative estimate of drug-likeness (QED) is 0.860. The summed E-state index contributed by atoms with van der Waals surface area (Å²) in [5.74, 6) is -0.296. The summed E-state index contributed by atoms with van der Waals surface area (Å²) in [4.78, 5) is 28.3. The number of ether oxygens (including phenoxy) is 1. The number of nitrogens with one attached hydrogen (secondary N) is 1. The molecule has 0 spiro atoms. The monoisotopic (exact) mass is 288 g/mol. The van der Waals surface area contributed by atoms with E-state index in [1.807, 2.05) is 25.1 Å². The minimum absolute atomic E-state index is 0.0447. The number of H-pyrrole nitrogens is 1. The van der Waals surface area contributed by atoms with E-state index in [2.05, 4.69) is 9.72 Å². The molecule has 0 saturated heterocycles. The summed E-state index contributed by atoms with van der Waals surface area (Å²) in [6.45, 7) is 2.52. The number of benzene rings is 1. The highest BCUT2D eigenvalue weighted by atomic mass is 16.5. The van der Waals surface area contributed by atoms with Gasteiger partial charge in [-0.1, -0.05) is 11.6 Å². The number of amides is 1. The predicted octanol–water partition coefficient (Wildman–Crippen LogP) is 2.50. The Labute approximate surface area is 123 Å². The Morgan fingerprint density at radius 3 is 2.81 bits per heavy atom. The van der Waals surface area contributed by atoms with Crippen molar-refractivity contribution >= 4 is 22.8 Å². The zero-order valence-corrected chi connectivity index (χ0v) is 12.6. The first-order valence-corrected chi connectivity index (χ1v) is 6.93. The lowest BCUT2D eigenvalue weighted by atomic mass is 10.1. The van der Waals surface area contributed by atoms with Crippen molar-refractivity contribution in [1.82, 2.24) is 9.88 Å². The van der Waals surface area contributed by atoms with E-state index in [0.29, 0.717) is 24.9 Å². The van der Waals surface area contributed by atoms with E-state index in [0.717, 1.165) is 16.5 Å². The van der Waals surface area contributed by atoms with Crippen LogP contribution in [0.4, 0.5) is 0 Å². The molecule has 5 nitrogen and oxygen atoms in total. The van der Waals surface area contributed by atoms with Crippen LogP contribution in [0.2, 0.25) is 0 Å². The second-order valence-electron chi connectivity index (χ2n) is 5.16. The number of methoxy groups -OCH3 is 1. The molecule has 1 amide bonds. The number of nitrogens with zero attached hydrogens (tertiary/aromatic N) is 1. The SMILES string of the molecule is COC(=O)CCCN(C)C(=O)c1c[nH]c2ccc(C)cc12. The molecule has 1 aromatic carbocycles. The second-order valence-corrected chi connectivity index (χ2v) is 5.16. The fourth-order valence-electron chi connectivity index (χ4n) is 2.28. The number of hydrogen-bond acceptors (Lipinski definition) is 3. The normalized spacial score (nSPS) is 10.6. The number of fused-ring (bicyclic) bond motifs is 1. The Balaban J connectivity index is 2.07. The third-order valence-electron chi connectivity index (χ3n) is 3.52. The van der Waals surface area contributed by atoms with Crippen molar-refractivity contribution < 1.29 is 14.3 Å². The van der Waals surface area contributed by atoms with Gasteiger partial charge in [-0.05, 0) is 25.5 Å². The van der Waals surface area contributed by atoms with Crippen LogP contribution in [0, 0.1) is 6.92 Å². The van der Waals surface area contributed by atoms with Crippen LogP contribution in [0.3, 0.4) is 0 Å². The Kier molecular flexibility index (Phi) is 4.62. The summed E-state index contributed by atoms with van der Waals surface area (Å²) in [5, 5.41) is 0.930. The molecule has 1 heterocycles. The van der Waals surface area contributed by atoms with Gasteiger partial charge in [-0.15, -0.1) is 0 Å². The van der Waals surface area contributed by atoms with Crippen LogP contribution in [-0.2, 0) is 9.53 Å². The van der Waals surface area contributed by atoms with Crippen molar-refractivity contribution in [3.05, 3.63) is 35.5 Å². The van der Waals surface area contributed by atoms with Crippen LogP contribution in [0.1, 0.15) is 28.8 Å². The molecule has 21 heavy (non-hydrogen) atoms. The van der Waals surface area contributed by atoms with Gasteiger partial charge in [0.1, 0.15) is 0 Å². The standard InChI is InChI=1S/C16H20N2O3/c1-11-6-7-14-12(9-11)13(10-17-14)16(20)18(2)8-4-5-15(19)21-3/h6-7,9-10,17H,4-5,8H2,1-3H3. The molecule has 0 bridgehead atoms. The van der Waals surface area contributed by atoms with Crippen LogP contribution >= 0.6 is 0 Å². The molecule has 0 unspecified atom stereocenters. The van der Waals surface area contributed by atoms with Crippen LogP contribution in [-0.4, -0.2) is 42.5 Å². The average molecular weight is 288 g/mol. The Bertz CT molecular complexity index is 661. The molecule has 5 heteroatoms. The first kappa shape index (κ1) is 15.1. The van der Waals surface area contributed by atoms with Crippen molar-refractivity contribution in [2.75, 3.05) is 20.7 Å². The molecule has 0 atom stereocenters. The maximum atomic E-state index is 12.5. The van der Waals surface area contributed by atoms with Crippen LogP contribution in [0.15, 0.2) is 24.4 Å². The van der Waals surface area contributed by atoms with E-state index in [-0.39, 0.29) is 11.9 Å². The third-order valence-corrected chi connectivity index (χ3v) is 3.52. The molecule has 1 N–H and O–H groups in total. The Hall–Kier alpha value is -2.30. The molecular formula is C16H20N2O3. The van der Waals surface area contributed by atoms with Crippen LogP contribution in [0.5, 0.6) is 0 Å². The van der Waals surface area contributed by atoms with Gasteiger partial charge in [0.2, 0.25) is 0 Å². The van der Waals surface area contributed by atoms with Gasteiger partial charge in [0.25, 0.3) is 5.91 Å². The summed E-state index contributed by atoms with van der Waals surface area (Å²) in [6.07, 6.45) is 2.65. The molecule has 1 aromatic heterocycles. The number of rotatable bonds is 5. The molecule has 0 aliphatic heterocycles. The van der Waals surface area contributed by atoms with Crippen LogP contribution < -0.4 is 0 Å². The van der Waals surface area contributed by atoms with Crippen molar-refractivity contribution in [2.45, 2.75) is 19.8 Å². The number of carbonyl (C=O) groups is 2. The zero-order valence-electron chi connectivity index (χ0n) is 12.6. The highest BCUT2D eigenvalue weighted by molar-refractivity contribution is 6.06. The van der Waals surface area contributed by atoms with Crippen LogP contribution in [0.25, 0.3) is 10.9 Å². The third kappa shape index (κ3) is 3.42. The minimum Gasteiger partial charge on any atom is -0.469 e. The van der Waals surface area contributed by atoms with E-state index in [1.54, 1.807) is 18.1 Å². The molecule has 0 fully saturated rings. The summed E-state index contributed by atoms with van der Waals surface area (Å²) in [5.41, 5.74) is 2.73. The smallest absolute Gasteiger partial charge is 0.305 e. The first-order valence-electron chi connectivity index (χ1n) is 6.93. The number of aromatic nitrogens is 1. The van der Waals surface area contributed by atoms with Gasteiger partial charge < -0.3 is 14.6 Å². The van der Waals surface area contributed by atoms with Crippen molar-refractivity contribution in [1.29, 1.82) is 0 Å². The fraction of sp³-hybridized carbons (Fsp3) is 0.375. The van der Waals surface area contributed by atoms with Gasteiger partial charge in [0.05, 0.1) is 12.7 Å². The number of aryl methyl sites for hydroxylation is 1. The van der Waals surface area contributed by atoms with E-state index in [1.165, 1.54) is 7.11 Å². The fourth-order valence-corrected chi connectivity index (χ4v) is 2.28. The lowest BCUT2D eigenvalue weighted by Gasteiger charge is -2.16. The van der Waals surface area contributed by atoms with Gasteiger partial charge in [0.15, 0.2) is 0 Å². The first-order chi connectivity index (χ1) is 10.0. The van der Waals surface area contributed by atoms with Gasteiger partial charge in [-0.25, -0.2) is 0 Å². The average Bonchev–Trinajstić information content (AvgIpc) is 2.88. The van der Waals surface area contributed by atoms with Gasteiger partial charge in [-0.2, -0.15) is 0 Å². The number of aromatic amines is 1. The second kappa shape index (κ2) is 6.43. The number of hydrogen-bond donors (Lipinski definition) is 1. The number of carbonyl (C=O) groups excluding carboxylic acids is 2. The van der Waals surface area contributed by atoms with E-state index < -0.39 is 0 Å². The van der Waals surface area contributed by atoms with E-state index >= 15 is 0 Å². The molecule has 0 radical (unpaired) electrons. The summed E-state index contributed by atoms with van der Waals surface area (Å²) >= 11 is 0. The summed E-state index contributed by atoms with van der Waals surface area (Å²) < 4.78 is 4.59. The highest BCUT2D eigenvalue weighted by Crippen LogP contribution is 2.21. The molecule has 0 saturated carbocycles. The van der Waals surface area contributed by atoms with Gasteiger partial charge in [-0.3, -0.25) is 9.59 Å². The largest absolute Gasteiger partial charge is 0.469 e. The predicted molar refractivity (Wildman–Crippen MR) is 81.2 cm³/mol. The maximum Gasteiger partial charge on any atom is 0.305 e. The maximum absolute atomic E-state index is 12.5. The molecular weight excluding hydrogens is 268 g/mol. The van der Waals surface area contributed by atoms with Gasteiger partial charge >= 0.3 is 5.97 Å². The Morgan fingerprint density at radius 2 is 2.10 bits per heavy atom. The molecule has 2 rings (SSSR count). The summed E-state index contributed by atoms with van der Waals surface area (Å²) in [7, 11) is 3.11. The molecule has 112 valence electrons. The van der Waals surface area contributed by atoms with Crippen molar-refractivity contribution in [3.8, 4) is 0 Å². The highest BCUT2D eigenvalue weighted by Gasteiger charge is 2.16. The topological polar surface area (TPSA) is 62.4 Å². The van der Waals surface area contributed by atoms with Gasteiger partial charge in [0, 0.05) is 37.1 Å². The van der Waals surface area contributed by atoms with Crippen molar-refractivity contribution in [3.63, 3.8) is 0 Å². The lowest BCUT2D eigenvalue weighted by Crippen LogP contribution is -2.28. The number of esters is 1. The molecule has 0 aliphatic rings. The van der Waals surface area contributed by atoms with E-state index in [4.69, 9.17) is 0 Å². The minimum atomic E-state index is -0.251. The zero-order chi connectivity index (χ0) is 15.4. The lowest BCUT2D eigenvalue weighted by molar-refractivity contribution is -0.140.